The Morgan fingerprint density at radius 1 is 1.00 bits per heavy atom. The smallest absolute Gasteiger partial charge is 0.287 e. The van der Waals surface area contributed by atoms with Crippen LogP contribution in [0.2, 0.25) is 0 Å². The van der Waals surface area contributed by atoms with Gasteiger partial charge in [-0.3, -0.25) is 19.7 Å². The van der Waals surface area contributed by atoms with Crippen LogP contribution in [0.5, 0.6) is 0 Å². The first-order valence-corrected chi connectivity index (χ1v) is 11.2. The lowest BCUT2D eigenvalue weighted by molar-refractivity contribution is -0.385. The molecular formula is C25H22BrN5O4. The van der Waals surface area contributed by atoms with E-state index in [0.29, 0.717) is 21.2 Å². The molecule has 9 nitrogen and oxygen atoms in total. The maximum absolute atomic E-state index is 12.9. The van der Waals surface area contributed by atoms with Crippen molar-refractivity contribution in [3.05, 3.63) is 110 Å². The third kappa shape index (κ3) is 7.08. The molecule has 178 valence electrons. The molecule has 2 amide bonds. The van der Waals surface area contributed by atoms with Crippen LogP contribution in [0.15, 0.2) is 88.1 Å². The van der Waals surface area contributed by atoms with Gasteiger partial charge in [-0.15, -0.1) is 0 Å². The lowest BCUT2D eigenvalue weighted by Crippen LogP contribution is -2.32. The Morgan fingerprint density at radius 2 is 1.66 bits per heavy atom. The third-order valence-electron chi connectivity index (χ3n) is 4.80. The van der Waals surface area contributed by atoms with Gasteiger partial charge in [0.1, 0.15) is 5.70 Å². The Bertz CT molecular complexity index is 1290. The number of nitro benzene ring substituents is 1. The van der Waals surface area contributed by atoms with Crippen molar-refractivity contribution in [2.24, 2.45) is 5.10 Å². The Labute approximate surface area is 210 Å². The second-order valence-corrected chi connectivity index (χ2v) is 8.39. The highest BCUT2D eigenvalue weighted by Crippen LogP contribution is 2.25. The Hall–Kier alpha value is -4.31. The molecule has 0 heterocycles. The summed E-state index contributed by atoms with van der Waals surface area (Å²) in [7, 11) is 3.84. The first-order chi connectivity index (χ1) is 16.7. The van der Waals surface area contributed by atoms with Gasteiger partial charge >= 0.3 is 0 Å². The monoisotopic (exact) mass is 535 g/mol. The summed E-state index contributed by atoms with van der Waals surface area (Å²) in [4.78, 5) is 38.1. The first-order valence-electron chi connectivity index (χ1n) is 10.4. The minimum Gasteiger partial charge on any atom is -0.378 e. The minimum atomic E-state index is -0.658. The molecule has 0 saturated heterocycles. The van der Waals surface area contributed by atoms with Gasteiger partial charge in [0.15, 0.2) is 0 Å². The van der Waals surface area contributed by atoms with Gasteiger partial charge in [-0.2, -0.15) is 5.10 Å². The number of benzene rings is 3. The molecule has 3 aromatic rings. The topological polar surface area (TPSA) is 117 Å². The number of halogens is 1. The standard InChI is InChI=1S/C25H22BrN5O4/c1-30(2)20-11-8-17(9-12-20)14-22(28-24(32)19-6-4-3-5-7-19)25(33)29-27-16-18-10-13-21(26)23(15-18)31(34)35/h3-16H,1-2H3,(H,28,32)(H,29,33). The zero-order chi connectivity index (χ0) is 25.4. The number of amides is 2. The van der Waals surface area contributed by atoms with Crippen molar-refractivity contribution in [2.75, 3.05) is 19.0 Å². The molecule has 2 N–H and O–H groups in total. The molecule has 0 fully saturated rings. The zero-order valence-electron chi connectivity index (χ0n) is 18.9. The van der Waals surface area contributed by atoms with E-state index >= 15 is 0 Å². The summed E-state index contributed by atoms with van der Waals surface area (Å²) in [5.74, 6) is -1.11. The van der Waals surface area contributed by atoms with Crippen molar-refractivity contribution < 1.29 is 14.5 Å². The van der Waals surface area contributed by atoms with E-state index in [1.165, 1.54) is 24.4 Å². The molecule has 0 atom stereocenters. The minimum absolute atomic E-state index is 0.0182. The van der Waals surface area contributed by atoms with Crippen molar-refractivity contribution in [2.45, 2.75) is 0 Å². The second kappa shape index (κ2) is 11.7. The van der Waals surface area contributed by atoms with Crippen LogP contribution in [-0.2, 0) is 4.79 Å². The van der Waals surface area contributed by atoms with Crippen molar-refractivity contribution in [1.29, 1.82) is 0 Å². The molecule has 3 rings (SSSR count). The zero-order valence-corrected chi connectivity index (χ0v) is 20.5. The molecular weight excluding hydrogens is 514 g/mol. The lowest BCUT2D eigenvalue weighted by atomic mass is 10.1. The van der Waals surface area contributed by atoms with Crippen LogP contribution in [0.4, 0.5) is 11.4 Å². The summed E-state index contributed by atoms with van der Waals surface area (Å²) in [6, 6.07) is 20.4. The molecule has 0 bridgehead atoms. The van der Waals surface area contributed by atoms with Gasteiger partial charge in [0.2, 0.25) is 0 Å². The normalized spacial score (nSPS) is 11.2. The number of hydrazone groups is 1. The van der Waals surface area contributed by atoms with E-state index in [4.69, 9.17) is 0 Å². The van der Waals surface area contributed by atoms with Crippen LogP contribution in [0.25, 0.3) is 6.08 Å². The molecule has 0 aromatic heterocycles. The largest absolute Gasteiger partial charge is 0.378 e. The van der Waals surface area contributed by atoms with E-state index in [2.05, 4.69) is 31.8 Å². The molecule has 3 aromatic carbocycles. The number of nitrogens with one attached hydrogen (secondary N) is 2. The summed E-state index contributed by atoms with van der Waals surface area (Å²) in [5.41, 5.74) is 4.69. The predicted octanol–water partition coefficient (Wildman–Crippen LogP) is 4.34. The third-order valence-corrected chi connectivity index (χ3v) is 5.47. The van der Waals surface area contributed by atoms with Gasteiger partial charge in [0.05, 0.1) is 15.6 Å². The fourth-order valence-electron chi connectivity index (χ4n) is 2.95. The molecule has 0 radical (unpaired) electrons. The van der Waals surface area contributed by atoms with Crippen molar-refractivity contribution in [1.82, 2.24) is 10.7 Å². The van der Waals surface area contributed by atoms with Gasteiger partial charge in [0.25, 0.3) is 17.5 Å². The van der Waals surface area contributed by atoms with Gasteiger partial charge in [0, 0.05) is 37.0 Å². The molecule has 0 aliphatic carbocycles. The number of hydrogen-bond acceptors (Lipinski definition) is 6. The van der Waals surface area contributed by atoms with Crippen LogP contribution in [-0.4, -0.2) is 37.0 Å². The van der Waals surface area contributed by atoms with Crippen LogP contribution in [0, 0.1) is 10.1 Å². The summed E-state index contributed by atoms with van der Waals surface area (Å²) in [5, 5.41) is 17.6. The van der Waals surface area contributed by atoms with Crippen LogP contribution >= 0.6 is 15.9 Å². The molecule has 0 aliphatic heterocycles. The highest BCUT2D eigenvalue weighted by molar-refractivity contribution is 9.10. The number of carbonyl (C=O) groups excluding carboxylic acids is 2. The number of hydrogen-bond donors (Lipinski definition) is 2. The summed E-state index contributed by atoms with van der Waals surface area (Å²) in [6.45, 7) is 0. The van der Waals surface area contributed by atoms with Crippen molar-refractivity contribution >= 4 is 51.4 Å². The Balaban J connectivity index is 1.82. The summed E-state index contributed by atoms with van der Waals surface area (Å²) >= 11 is 3.12. The van der Waals surface area contributed by atoms with E-state index in [-0.39, 0.29) is 11.4 Å². The number of nitro groups is 1. The van der Waals surface area contributed by atoms with E-state index in [0.717, 1.165) is 5.69 Å². The fraction of sp³-hybridized carbons (Fsp3) is 0.0800. The lowest BCUT2D eigenvalue weighted by Gasteiger charge is -2.12. The Morgan fingerprint density at radius 3 is 2.29 bits per heavy atom. The second-order valence-electron chi connectivity index (χ2n) is 7.53. The molecule has 0 spiro atoms. The Kier molecular flexibility index (Phi) is 8.47. The van der Waals surface area contributed by atoms with E-state index in [1.54, 1.807) is 36.4 Å². The number of anilines is 1. The highest BCUT2D eigenvalue weighted by atomic mass is 79.9. The van der Waals surface area contributed by atoms with Gasteiger partial charge < -0.3 is 10.2 Å². The van der Waals surface area contributed by atoms with Crippen molar-refractivity contribution in [3.8, 4) is 0 Å². The fourth-order valence-corrected chi connectivity index (χ4v) is 3.34. The number of carbonyl (C=O) groups is 2. The van der Waals surface area contributed by atoms with Gasteiger partial charge in [-0.05, 0) is 57.9 Å². The maximum Gasteiger partial charge on any atom is 0.287 e. The summed E-state index contributed by atoms with van der Waals surface area (Å²) in [6.07, 6.45) is 2.81. The van der Waals surface area contributed by atoms with Crippen LogP contribution < -0.4 is 15.6 Å². The maximum atomic E-state index is 12.9. The number of rotatable bonds is 8. The molecule has 35 heavy (non-hydrogen) atoms. The van der Waals surface area contributed by atoms with Gasteiger partial charge in [-0.1, -0.05) is 36.4 Å². The quantitative estimate of drug-likeness (QED) is 0.192. The van der Waals surface area contributed by atoms with Gasteiger partial charge in [-0.25, -0.2) is 5.43 Å². The van der Waals surface area contributed by atoms with Crippen LogP contribution in [0.3, 0.4) is 0 Å². The number of nitrogens with zero attached hydrogens (tertiary/aromatic N) is 3. The molecule has 10 heteroatoms. The molecule has 0 unspecified atom stereocenters. The van der Waals surface area contributed by atoms with Crippen LogP contribution in [0.1, 0.15) is 21.5 Å². The molecule has 0 saturated carbocycles. The first kappa shape index (κ1) is 25.3. The highest BCUT2D eigenvalue weighted by Gasteiger charge is 2.15. The van der Waals surface area contributed by atoms with E-state index < -0.39 is 16.7 Å². The predicted molar refractivity (Wildman–Crippen MR) is 139 cm³/mol. The molecule has 0 aliphatic rings. The average Bonchev–Trinajstić information content (AvgIpc) is 2.85. The SMILES string of the molecule is CN(C)c1ccc(C=C(NC(=O)c2ccccc2)C(=O)NN=Cc2ccc(Br)c([N+](=O)[O-])c2)cc1. The van der Waals surface area contributed by atoms with Crippen molar-refractivity contribution in [3.63, 3.8) is 0 Å². The van der Waals surface area contributed by atoms with E-state index in [9.17, 15) is 19.7 Å². The average molecular weight is 536 g/mol. The summed E-state index contributed by atoms with van der Waals surface area (Å²) < 4.78 is 0.331. The van der Waals surface area contributed by atoms with E-state index in [1.807, 2.05) is 43.3 Å².